The van der Waals surface area contributed by atoms with Gasteiger partial charge in [0.15, 0.2) is 0 Å². The third-order valence-electron chi connectivity index (χ3n) is 5.98. The second-order valence-corrected chi connectivity index (χ2v) is 10.1. The quantitative estimate of drug-likeness (QED) is 0.514. The second-order valence-electron chi connectivity index (χ2n) is 8.16. The SMILES string of the molecule is CS(=O)(=O)N1CCC(NC(=O)C2CCN(c3ccc(C(F)(F)F)cc3[N+](=O)[O-])CC2)CC1. The molecule has 3 rings (SSSR count). The van der Waals surface area contributed by atoms with Gasteiger partial charge in [-0.1, -0.05) is 0 Å². The minimum atomic E-state index is -4.67. The lowest BCUT2D eigenvalue weighted by atomic mass is 9.94. The molecule has 0 atom stereocenters. The number of carbonyl (C=O) groups is 1. The van der Waals surface area contributed by atoms with Crippen LogP contribution in [0, 0.1) is 16.0 Å². The molecule has 2 fully saturated rings. The molecule has 1 N–H and O–H groups in total. The van der Waals surface area contributed by atoms with Gasteiger partial charge < -0.3 is 10.2 Å². The summed E-state index contributed by atoms with van der Waals surface area (Å²) >= 11 is 0. The molecule has 0 spiro atoms. The molecule has 0 saturated carbocycles. The Morgan fingerprint density at radius 3 is 2.22 bits per heavy atom. The van der Waals surface area contributed by atoms with E-state index in [1.807, 2.05) is 0 Å². The van der Waals surface area contributed by atoms with E-state index in [1.165, 1.54) is 4.31 Å². The lowest BCUT2D eigenvalue weighted by molar-refractivity contribution is -0.384. The molecule has 32 heavy (non-hydrogen) atoms. The van der Waals surface area contributed by atoms with E-state index in [0.717, 1.165) is 18.4 Å². The number of hydrogen-bond acceptors (Lipinski definition) is 6. The van der Waals surface area contributed by atoms with Crippen molar-refractivity contribution in [2.24, 2.45) is 5.92 Å². The van der Waals surface area contributed by atoms with Crippen LogP contribution in [-0.2, 0) is 21.0 Å². The second kappa shape index (κ2) is 9.22. The Labute approximate surface area is 183 Å². The van der Waals surface area contributed by atoms with Crippen LogP contribution in [0.25, 0.3) is 0 Å². The number of rotatable bonds is 5. The van der Waals surface area contributed by atoms with Crippen molar-refractivity contribution >= 4 is 27.3 Å². The summed E-state index contributed by atoms with van der Waals surface area (Å²) in [6.45, 7) is 1.30. The van der Waals surface area contributed by atoms with Crippen LogP contribution in [0.15, 0.2) is 18.2 Å². The van der Waals surface area contributed by atoms with Crippen LogP contribution in [-0.4, -0.2) is 62.0 Å². The Bertz CT molecular complexity index is 970. The van der Waals surface area contributed by atoms with Gasteiger partial charge in [0.2, 0.25) is 15.9 Å². The summed E-state index contributed by atoms with van der Waals surface area (Å²) in [5.41, 5.74) is -1.58. The third-order valence-corrected chi connectivity index (χ3v) is 7.28. The highest BCUT2D eigenvalue weighted by Crippen LogP contribution is 2.37. The third kappa shape index (κ3) is 5.68. The van der Waals surface area contributed by atoms with Gasteiger partial charge in [-0.15, -0.1) is 0 Å². The average molecular weight is 478 g/mol. The van der Waals surface area contributed by atoms with E-state index in [9.17, 15) is 36.5 Å². The van der Waals surface area contributed by atoms with E-state index in [2.05, 4.69) is 5.32 Å². The van der Waals surface area contributed by atoms with Crippen molar-refractivity contribution < 1.29 is 31.3 Å². The Balaban J connectivity index is 1.57. The first kappa shape index (κ1) is 24.2. The lowest BCUT2D eigenvalue weighted by Gasteiger charge is -2.35. The number of benzene rings is 1. The van der Waals surface area contributed by atoms with Gasteiger partial charge in [-0.25, -0.2) is 12.7 Å². The van der Waals surface area contributed by atoms with Gasteiger partial charge >= 0.3 is 6.18 Å². The monoisotopic (exact) mass is 478 g/mol. The lowest BCUT2D eigenvalue weighted by Crippen LogP contribution is -2.49. The van der Waals surface area contributed by atoms with Gasteiger partial charge in [-0.2, -0.15) is 13.2 Å². The van der Waals surface area contributed by atoms with Crippen LogP contribution in [0.2, 0.25) is 0 Å². The molecule has 2 heterocycles. The topological polar surface area (TPSA) is 113 Å². The van der Waals surface area contributed by atoms with E-state index < -0.39 is 32.4 Å². The smallest absolute Gasteiger partial charge is 0.366 e. The Kier molecular flexibility index (Phi) is 6.98. The van der Waals surface area contributed by atoms with Gasteiger partial charge in [0.05, 0.1) is 16.7 Å². The largest absolute Gasteiger partial charge is 0.416 e. The molecule has 178 valence electrons. The molecule has 1 aromatic carbocycles. The van der Waals surface area contributed by atoms with Gasteiger partial charge in [0, 0.05) is 44.2 Å². The van der Waals surface area contributed by atoms with Gasteiger partial charge in [0.1, 0.15) is 5.69 Å². The normalized spacial score (nSPS) is 19.7. The summed E-state index contributed by atoms with van der Waals surface area (Å²) < 4.78 is 63.3. The standard InChI is InChI=1S/C19H25F3N4O5S/c1-32(30,31)25-10-6-15(7-11-25)23-18(27)13-4-8-24(9-5-13)16-3-2-14(19(20,21)22)12-17(16)26(28)29/h2-3,12-13,15H,4-11H2,1H3,(H,23,27). The molecule has 1 amide bonds. The maximum Gasteiger partial charge on any atom is 0.416 e. The van der Waals surface area contributed by atoms with E-state index in [0.29, 0.717) is 57.9 Å². The summed E-state index contributed by atoms with van der Waals surface area (Å²) in [5, 5.41) is 14.3. The average Bonchev–Trinajstić information content (AvgIpc) is 2.72. The Morgan fingerprint density at radius 1 is 1.12 bits per heavy atom. The van der Waals surface area contributed by atoms with Crippen LogP contribution < -0.4 is 10.2 Å². The molecule has 0 aromatic heterocycles. The number of carbonyl (C=O) groups excluding carboxylic acids is 1. The number of nitro groups is 1. The summed E-state index contributed by atoms with van der Waals surface area (Å²) in [6, 6.07) is 2.35. The van der Waals surface area contributed by atoms with Crippen molar-refractivity contribution in [2.75, 3.05) is 37.3 Å². The molecule has 0 bridgehead atoms. The fourth-order valence-electron chi connectivity index (χ4n) is 4.15. The first-order valence-electron chi connectivity index (χ1n) is 10.2. The number of sulfonamides is 1. The minimum absolute atomic E-state index is 0.106. The maximum absolute atomic E-state index is 12.9. The van der Waals surface area contributed by atoms with E-state index >= 15 is 0 Å². The Morgan fingerprint density at radius 2 is 1.72 bits per heavy atom. The van der Waals surface area contributed by atoms with Crippen molar-refractivity contribution in [1.29, 1.82) is 0 Å². The molecule has 0 radical (unpaired) electrons. The van der Waals surface area contributed by atoms with Crippen molar-refractivity contribution in [2.45, 2.75) is 37.9 Å². The fourth-order valence-corrected chi connectivity index (χ4v) is 5.02. The van der Waals surface area contributed by atoms with Crippen molar-refractivity contribution in [1.82, 2.24) is 9.62 Å². The number of alkyl halides is 3. The molecule has 9 nitrogen and oxygen atoms in total. The van der Waals surface area contributed by atoms with Crippen molar-refractivity contribution in [3.63, 3.8) is 0 Å². The number of amides is 1. The number of hydrogen-bond donors (Lipinski definition) is 1. The number of halogens is 3. The first-order chi connectivity index (χ1) is 14.9. The predicted molar refractivity (Wildman–Crippen MR) is 111 cm³/mol. The zero-order valence-electron chi connectivity index (χ0n) is 17.5. The van der Waals surface area contributed by atoms with Gasteiger partial charge in [-0.3, -0.25) is 14.9 Å². The highest BCUT2D eigenvalue weighted by Gasteiger charge is 2.35. The van der Waals surface area contributed by atoms with Crippen LogP contribution in [0.3, 0.4) is 0 Å². The molecule has 0 aliphatic carbocycles. The highest BCUT2D eigenvalue weighted by atomic mass is 32.2. The molecule has 2 aliphatic rings. The molecule has 1 aromatic rings. The fraction of sp³-hybridized carbons (Fsp3) is 0.632. The highest BCUT2D eigenvalue weighted by molar-refractivity contribution is 7.88. The van der Waals surface area contributed by atoms with E-state index in [4.69, 9.17) is 0 Å². The number of nitro benzene ring substituents is 1. The zero-order valence-corrected chi connectivity index (χ0v) is 18.3. The minimum Gasteiger partial charge on any atom is -0.366 e. The summed E-state index contributed by atoms with van der Waals surface area (Å²) in [6.07, 6.45) is -1.66. The number of nitrogens with one attached hydrogen (secondary N) is 1. The number of anilines is 1. The van der Waals surface area contributed by atoms with E-state index in [1.54, 1.807) is 4.90 Å². The molecule has 0 unspecified atom stereocenters. The maximum atomic E-state index is 12.9. The summed E-state index contributed by atoms with van der Waals surface area (Å²) in [4.78, 5) is 24.8. The number of nitrogens with zero attached hydrogens (tertiary/aromatic N) is 3. The zero-order chi connectivity index (χ0) is 23.7. The molecular formula is C19H25F3N4O5S. The molecule has 2 aliphatic heterocycles. The summed E-state index contributed by atoms with van der Waals surface area (Å²) in [7, 11) is -3.25. The Hall–Kier alpha value is -2.41. The first-order valence-corrected chi connectivity index (χ1v) is 12.1. The predicted octanol–water partition coefficient (Wildman–Crippen LogP) is 2.37. The number of piperidine rings is 2. The van der Waals surface area contributed by atoms with Gasteiger partial charge in [-0.05, 0) is 37.8 Å². The van der Waals surface area contributed by atoms with E-state index in [-0.39, 0.29) is 23.6 Å². The van der Waals surface area contributed by atoms with Crippen LogP contribution >= 0.6 is 0 Å². The molecular weight excluding hydrogens is 453 g/mol. The molecule has 2 saturated heterocycles. The van der Waals surface area contributed by atoms with Crippen LogP contribution in [0.4, 0.5) is 24.5 Å². The van der Waals surface area contributed by atoms with Crippen molar-refractivity contribution in [3.8, 4) is 0 Å². The van der Waals surface area contributed by atoms with Gasteiger partial charge in [0.25, 0.3) is 5.69 Å². The van der Waals surface area contributed by atoms with Crippen LogP contribution in [0.1, 0.15) is 31.2 Å². The van der Waals surface area contributed by atoms with Crippen molar-refractivity contribution in [3.05, 3.63) is 33.9 Å². The summed E-state index contributed by atoms with van der Waals surface area (Å²) in [5.74, 6) is -0.461. The molecule has 13 heteroatoms. The van der Waals surface area contributed by atoms with Crippen LogP contribution in [0.5, 0.6) is 0 Å².